The number of rotatable bonds is 7. The van der Waals surface area contributed by atoms with Crippen molar-refractivity contribution in [1.29, 1.82) is 0 Å². The zero-order chi connectivity index (χ0) is 22.7. The van der Waals surface area contributed by atoms with E-state index in [-0.39, 0.29) is 29.4 Å². The quantitative estimate of drug-likeness (QED) is 0.465. The highest BCUT2D eigenvalue weighted by molar-refractivity contribution is 7.91. The highest BCUT2D eigenvalue weighted by atomic mass is 35.5. The summed E-state index contributed by atoms with van der Waals surface area (Å²) in [5.74, 6) is 0.805. The normalized spacial score (nSPS) is 14.0. The summed E-state index contributed by atoms with van der Waals surface area (Å²) in [6, 6.07) is 9.76. The van der Waals surface area contributed by atoms with E-state index < -0.39 is 9.84 Å². The van der Waals surface area contributed by atoms with E-state index >= 15 is 0 Å². The van der Waals surface area contributed by atoms with Crippen LogP contribution in [-0.2, 0) is 21.2 Å². The number of ether oxygens (including phenoxy) is 2. The average Bonchev–Trinajstić information content (AvgIpc) is 3.08. The van der Waals surface area contributed by atoms with Crippen LogP contribution < -0.4 is 14.3 Å². The molecule has 0 saturated heterocycles. The van der Waals surface area contributed by atoms with E-state index in [4.69, 9.17) is 21.1 Å². The molecule has 7 nitrogen and oxygen atoms in total. The summed E-state index contributed by atoms with van der Waals surface area (Å²) in [6.45, 7) is 5.23. The number of hydrogen-bond acceptors (Lipinski definition) is 6. The van der Waals surface area contributed by atoms with Gasteiger partial charge in [0, 0.05) is 30.1 Å². The van der Waals surface area contributed by atoms with Crippen LogP contribution in [0.2, 0.25) is 5.02 Å². The fourth-order valence-corrected chi connectivity index (χ4v) is 5.84. The van der Waals surface area contributed by atoms with Crippen LogP contribution >= 0.6 is 22.9 Å². The molecule has 1 aliphatic heterocycles. The molecular weight excluding hydrogens is 472 g/mol. The molecule has 3 aromatic rings. The molecule has 0 fully saturated rings. The van der Waals surface area contributed by atoms with Gasteiger partial charge in [0.25, 0.3) is 0 Å². The van der Waals surface area contributed by atoms with E-state index in [2.05, 4.69) is 11.6 Å². The summed E-state index contributed by atoms with van der Waals surface area (Å²) in [7, 11) is -3.49. The van der Waals surface area contributed by atoms with Gasteiger partial charge < -0.3 is 14.0 Å². The molecule has 32 heavy (non-hydrogen) atoms. The second-order valence-corrected chi connectivity index (χ2v) is 10.7. The molecule has 0 aliphatic carbocycles. The smallest absolute Gasteiger partial charge is 0.248 e. The first-order chi connectivity index (χ1) is 15.4. The van der Waals surface area contributed by atoms with Crippen molar-refractivity contribution in [3.05, 3.63) is 58.9 Å². The second kappa shape index (κ2) is 9.48. The lowest BCUT2D eigenvalue weighted by molar-refractivity contribution is -0.118. The number of fused-ring (bicyclic) bond motifs is 2. The van der Waals surface area contributed by atoms with Crippen LogP contribution in [0.1, 0.15) is 12.8 Å². The van der Waals surface area contributed by atoms with Gasteiger partial charge in [-0.2, -0.15) is 4.99 Å². The lowest BCUT2D eigenvalue weighted by Crippen LogP contribution is -2.17. The Balaban J connectivity index is 1.53. The minimum atomic E-state index is -3.49. The molecule has 0 N–H and O–H groups in total. The summed E-state index contributed by atoms with van der Waals surface area (Å²) in [4.78, 5) is 17.5. The fourth-order valence-electron chi connectivity index (χ4n) is 3.33. The van der Waals surface area contributed by atoms with Crippen molar-refractivity contribution in [3.8, 4) is 11.5 Å². The first-order valence-electron chi connectivity index (χ1n) is 9.97. The molecule has 1 aliphatic rings. The molecule has 0 spiro atoms. The SMILES string of the molecule is C=CCn1c(=NC(=O)CCCS(=O)(=O)c2ccc(Cl)cc2)sc2cc3c(cc21)OCCO3. The van der Waals surface area contributed by atoms with Crippen molar-refractivity contribution in [3.63, 3.8) is 0 Å². The lowest BCUT2D eigenvalue weighted by Gasteiger charge is -2.18. The van der Waals surface area contributed by atoms with Gasteiger partial charge in [-0.15, -0.1) is 6.58 Å². The van der Waals surface area contributed by atoms with Crippen molar-refractivity contribution in [2.24, 2.45) is 4.99 Å². The maximum atomic E-state index is 12.5. The molecule has 1 aromatic heterocycles. The Bertz CT molecular complexity index is 1340. The number of halogens is 1. The van der Waals surface area contributed by atoms with Crippen LogP contribution in [-0.4, -0.2) is 37.9 Å². The summed E-state index contributed by atoms with van der Waals surface area (Å²) in [5, 5.41) is 0.466. The summed E-state index contributed by atoms with van der Waals surface area (Å²) < 4.78 is 39.0. The molecule has 0 saturated carbocycles. The first kappa shape index (κ1) is 22.6. The van der Waals surface area contributed by atoms with Gasteiger partial charge in [0.2, 0.25) is 5.91 Å². The number of nitrogens with zero attached hydrogens (tertiary/aromatic N) is 2. The minimum Gasteiger partial charge on any atom is -0.486 e. The maximum absolute atomic E-state index is 12.5. The monoisotopic (exact) mass is 492 g/mol. The van der Waals surface area contributed by atoms with Crippen molar-refractivity contribution in [2.45, 2.75) is 24.3 Å². The van der Waals surface area contributed by atoms with E-state index in [1.165, 1.54) is 35.6 Å². The summed E-state index contributed by atoms with van der Waals surface area (Å²) in [6.07, 6.45) is 1.93. The summed E-state index contributed by atoms with van der Waals surface area (Å²) >= 11 is 7.18. The molecule has 4 rings (SSSR count). The van der Waals surface area contributed by atoms with Crippen molar-refractivity contribution < 1.29 is 22.7 Å². The van der Waals surface area contributed by atoms with Crippen LogP contribution in [0.25, 0.3) is 10.2 Å². The molecule has 0 bridgehead atoms. The number of sulfone groups is 1. The maximum Gasteiger partial charge on any atom is 0.248 e. The predicted molar refractivity (Wildman–Crippen MR) is 124 cm³/mol. The Morgan fingerprint density at radius 1 is 1.19 bits per heavy atom. The van der Waals surface area contributed by atoms with Crippen LogP contribution in [0.5, 0.6) is 11.5 Å². The van der Waals surface area contributed by atoms with Gasteiger partial charge in [0.1, 0.15) is 13.2 Å². The third-order valence-electron chi connectivity index (χ3n) is 4.86. The van der Waals surface area contributed by atoms with E-state index in [9.17, 15) is 13.2 Å². The molecular formula is C22H21ClN2O5S2. The molecule has 1 amide bonds. The molecule has 2 aromatic carbocycles. The number of carbonyl (C=O) groups is 1. The van der Waals surface area contributed by atoms with E-state index in [0.717, 1.165) is 10.2 Å². The number of allylic oxidation sites excluding steroid dienone is 1. The number of amides is 1. The standard InChI is InChI=1S/C22H21ClN2O5S2/c1-2-9-25-17-13-18-19(30-11-10-29-18)14-20(17)31-22(25)24-21(26)4-3-12-32(27,28)16-7-5-15(23)6-8-16/h2,5-8,13-14H,1,3-4,9-12H2. The van der Waals surface area contributed by atoms with Gasteiger partial charge in [-0.25, -0.2) is 8.42 Å². The third-order valence-corrected chi connectivity index (χ3v) is 7.96. The number of hydrogen-bond donors (Lipinski definition) is 0. The van der Waals surface area contributed by atoms with Crippen LogP contribution in [0, 0.1) is 0 Å². The van der Waals surface area contributed by atoms with Gasteiger partial charge >= 0.3 is 0 Å². The number of aromatic nitrogens is 1. The predicted octanol–water partition coefficient (Wildman–Crippen LogP) is 3.99. The number of benzene rings is 2. The molecule has 168 valence electrons. The van der Waals surface area contributed by atoms with E-state index in [1.807, 2.05) is 16.7 Å². The van der Waals surface area contributed by atoms with E-state index in [0.29, 0.717) is 41.1 Å². The van der Waals surface area contributed by atoms with Crippen LogP contribution in [0.3, 0.4) is 0 Å². The van der Waals surface area contributed by atoms with Gasteiger partial charge in [0.15, 0.2) is 26.1 Å². The molecule has 0 radical (unpaired) electrons. The molecule has 0 unspecified atom stereocenters. The van der Waals surface area contributed by atoms with E-state index in [1.54, 1.807) is 6.08 Å². The average molecular weight is 493 g/mol. The Morgan fingerprint density at radius 3 is 2.56 bits per heavy atom. The number of carbonyl (C=O) groups excluding carboxylic acids is 1. The first-order valence-corrected chi connectivity index (χ1v) is 12.8. The highest BCUT2D eigenvalue weighted by Gasteiger charge is 2.17. The minimum absolute atomic E-state index is 0.0257. The molecule has 2 heterocycles. The Morgan fingerprint density at radius 2 is 1.88 bits per heavy atom. The molecule has 0 atom stereocenters. The van der Waals surface area contributed by atoms with Gasteiger partial charge in [-0.3, -0.25) is 4.79 Å². The van der Waals surface area contributed by atoms with Crippen LogP contribution in [0.4, 0.5) is 0 Å². The molecule has 10 heteroatoms. The lowest BCUT2D eigenvalue weighted by atomic mass is 10.2. The zero-order valence-corrected chi connectivity index (χ0v) is 19.5. The van der Waals surface area contributed by atoms with Gasteiger partial charge in [-0.05, 0) is 30.7 Å². The Kier molecular flexibility index (Phi) is 6.68. The second-order valence-electron chi connectivity index (χ2n) is 7.13. The Hall–Kier alpha value is -2.62. The largest absolute Gasteiger partial charge is 0.486 e. The van der Waals surface area contributed by atoms with Crippen molar-refractivity contribution in [2.75, 3.05) is 19.0 Å². The number of thiazole rings is 1. The topological polar surface area (TPSA) is 87.0 Å². The van der Waals surface area contributed by atoms with Crippen molar-refractivity contribution >= 4 is 48.9 Å². The Labute approximate surface area is 194 Å². The highest BCUT2D eigenvalue weighted by Crippen LogP contribution is 2.35. The van der Waals surface area contributed by atoms with Gasteiger partial charge in [-0.1, -0.05) is 29.0 Å². The van der Waals surface area contributed by atoms with Gasteiger partial charge in [0.05, 0.1) is 20.9 Å². The third kappa shape index (κ3) is 4.90. The zero-order valence-electron chi connectivity index (χ0n) is 17.1. The fraction of sp³-hybridized carbons (Fsp3) is 0.273. The summed E-state index contributed by atoms with van der Waals surface area (Å²) in [5.41, 5.74) is 0.871. The van der Waals surface area contributed by atoms with Crippen molar-refractivity contribution in [1.82, 2.24) is 4.57 Å². The van der Waals surface area contributed by atoms with Crippen LogP contribution in [0.15, 0.2) is 58.9 Å².